The monoisotopic (exact) mass is 244 g/mol. The van der Waals surface area contributed by atoms with Crippen LogP contribution >= 0.6 is 7.92 Å². The third-order valence-corrected chi connectivity index (χ3v) is 5.41. The van der Waals surface area contributed by atoms with Gasteiger partial charge in [-0.05, 0) is 31.0 Å². The lowest BCUT2D eigenvalue weighted by Crippen LogP contribution is -2.01. The predicted octanol–water partition coefficient (Wildman–Crippen LogP) is 4.50. The lowest BCUT2D eigenvalue weighted by molar-refractivity contribution is 0.108. The van der Waals surface area contributed by atoms with Crippen LogP contribution in [0.1, 0.15) is 24.2 Å². The number of benzene rings is 2. The molecule has 1 nitrogen and oxygen atoms in total. The number of carbonyl (C=O) groups excluding carboxylic acids is 1. The molecule has 0 amide bonds. The third kappa shape index (κ3) is 2.40. The van der Waals surface area contributed by atoms with Crippen molar-refractivity contribution in [2.45, 2.75) is 13.8 Å². The van der Waals surface area contributed by atoms with Gasteiger partial charge in [0.2, 0.25) is 0 Å². The van der Waals surface area contributed by atoms with E-state index < -0.39 is 7.92 Å². The molecule has 2 heteroatoms. The van der Waals surface area contributed by atoms with Crippen LogP contribution in [0.25, 0.3) is 10.8 Å². The Morgan fingerprint density at radius 3 is 2.35 bits per heavy atom. The van der Waals surface area contributed by atoms with Crippen LogP contribution in [0.4, 0.5) is 0 Å². The highest BCUT2D eigenvalue weighted by Gasteiger charge is 2.17. The second kappa shape index (κ2) is 5.42. The van der Waals surface area contributed by atoms with Crippen LogP contribution in [-0.4, -0.2) is 17.8 Å². The molecule has 0 aliphatic rings. The van der Waals surface area contributed by atoms with Gasteiger partial charge in [0, 0.05) is 5.56 Å². The first kappa shape index (κ1) is 12.3. The third-order valence-electron chi connectivity index (χ3n) is 3.07. The fourth-order valence-electron chi connectivity index (χ4n) is 2.09. The summed E-state index contributed by atoms with van der Waals surface area (Å²) in [6, 6.07) is 14.1. The zero-order valence-corrected chi connectivity index (χ0v) is 11.2. The summed E-state index contributed by atoms with van der Waals surface area (Å²) in [5.74, 6) is 0. The molecule has 0 saturated heterocycles. The zero-order valence-electron chi connectivity index (χ0n) is 10.3. The Kier molecular flexibility index (Phi) is 3.91. The summed E-state index contributed by atoms with van der Waals surface area (Å²) in [7, 11) is -0.506. The molecule has 0 saturated carbocycles. The number of hydrogen-bond acceptors (Lipinski definition) is 1. The molecule has 0 unspecified atom stereocenters. The van der Waals surface area contributed by atoms with Crippen molar-refractivity contribution in [3.05, 3.63) is 48.0 Å². The van der Waals surface area contributed by atoms with Crippen molar-refractivity contribution in [2.24, 2.45) is 0 Å². The van der Waals surface area contributed by atoms with Gasteiger partial charge in [0.1, 0.15) is 0 Å². The van der Waals surface area contributed by atoms with E-state index in [-0.39, 0.29) is 0 Å². The highest BCUT2D eigenvalue weighted by Crippen LogP contribution is 2.40. The van der Waals surface area contributed by atoms with E-state index in [1.807, 2.05) is 30.3 Å². The zero-order chi connectivity index (χ0) is 12.3. The summed E-state index contributed by atoms with van der Waals surface area (Å²) in [5.41, 5.74) is 1.25. The smallest absolute Gasteiger partial charge is 0.184 e. The van der Waals surface area contributed by atoms with Gasteiger partial charge in [0.15, 0.2) is 5.52 Å². The molecular formula is C15H17OP. The van der Waals surface area contributed by atoms with Crippen molar-refractivity contribution < 1.29 is 4.79 Å². The van der Waals surface area contributed by atoms with Gasteiger partial charge in [-0.15, -0.1) is 0 Å². The van der Waals surface area contributed by atoms with E-state index in [0.717, 1.165) is 28.7 Å². The molecular weight excluding hydrogens is 227 g/mol. The van der Waals surface area contributed by atoms with E-state index in [9.17, 15) is 4.79 Å². The molecule has 0 atom stereocenters. The molecule has 2 rings (SSSR count). The highest BCUT2D eigenvalue weighted by atomic mass is 31.1. The van der Waals surface area contributed by atoms with Gasteiger partial charge in [-0.3, -0.25) is 4.79 Å². The van der Waals surface area contributed by atoms with E-state index in [2.05, 4.69) is 26.0 Å². The van der Waals surface area contributed by atoms with Crippen LogP contribution in [0.15, 0.2) is 42.5 Å². The van der Waals surface area contributed by atoms with Crippen molar-refractivity contribution in [3.63, 3.8) is 0 Å². The molecule has 0 aliphatic heterocycles. The Bertz CT molecular complexity index is 524. The largest absolute Gasteiger partial charge is 0.289 e. The number of rotatable bonds is 4. The number of hydrogen-bond donors (Lipinski definition) is 0. The fourth-order valence-corrected chi connectivity index (χ4v) is 3.65. The summed E-state index contributed by atoms with van der Waals surface area (Å²) < 4.78 is 0. The number of fused-ring (bicyclic) bond motifs is 1. The topological polar surface area (TPSA) is 17.1 Å². The molecule has 2 aromatic carbocycles. The van der Waals surface area contributed by atoms with Crippen LogP contribution in [-0.2, 0) is 0 Å². The lowest BCUT2D eigenvalue weighted by Gasteiger charge is -2.13. The van der Waals surface area contributed by atoms with E-state index in [0.29, 0.717) is 5.52 Å². The molecule has 0 radical (unpaired) electrons. The van der Waals surface area contributed by atoms with Gasteiger partial charge in [-0.25, -0.2) is 0 Å². The molecule has 0 aliphatic carbocycles. The maximum Gasteiger partial charge on any atom is 0.184 e. The quantitative estimate of drug-likeness (QED) is 0.723. The van der Waals surface area contributed by atoms with E-state index in [1.54, 1.807) is 0 Å². The summed E-state index contributed by atoms with van der Waals surface area (Å²) in [6.07, 6.45) is 1.96. The number of carbonyl (C=O) groups is 1. The Labute approximate surface area is 104 Å². The molecule has 0 heterocycles. The van der Waals surface area contributed by atoms with Crippen LogP contribution in [0.3, 0.4) is 0 Å². The van der Waals surface area contributed by atoms with Crippen molar-refractivity contribution in [1.29, 1.82) is 0 Å². The van der Waals surface area contributed by atoms with Crippen LogP contribution in [0.2, 0.25) is 0 Å². The molecule has 0 bridgehead atoms. The minimum Gasteiger partial charge on any atom is -0.289 e. The van der Waals surface area contributed by atoms with Crippen molar-refractivity contribution in [2.75, 3.05) is 12.3 Å². The second-order valence-electron chi connectivity index (χ2n) is 4.00. The molecule has 0 aromatic heterocycles. The van der Waals surface area contributed by atoms with Gasteiger partial charge < -0.3 is 0 Å². The summed E-state index contributed by atoms with van der Waals surface area (Å²) in [5, 5.41) is 2.25. The standard InChI is InChI=1S/C15H17OP/c1-3-17(4-2)15(16)14-11-7-9-12-8-5-6-10-13(12)14/h5-11H,3-4H2,1-2H3. The molecule has 0 N–H and O–H groups in total. The van der Waals surface area contributed by atoms with Crippen LogP contribution in [0, 0.1) is 0 Å². The van der Waals surface area contributed by atoms with E-state index in [1.165, 1.54) is 0 Å². The minimum atomic E-state index is -0.506. The molecule has 0 spiro atoms. The van der Waals surface area contributed by atoms with E-state index >= 15 is 0 Å². The summed E-state index contributed by atoms with van der Waals surface area (Å²) >= 11 is 0. The van der Waals surface area contributed by atoms with Gasteiger partial charge in [0.05, 0.1) is 0 Å². The van der Waals surface area contributed by atoms with Crippen molar-refractivity contribution >= 4 is 24.2 Å². The second-order valence-corrected chi connectivity index (χ2v) is 6.75. The maximum atomic E-state index is 12.4. The molecule has 2 aromatic rings. The van der Waals surface area contributed by atoms with Crippen LogP contribution in [0.5, 0.6) is 0 Å². The normalized spacial score (nSPS) is 11.0. The first-order valence-electron chi connectivity index (χ1n) is 6.05. The average Bonchev–Trinajstić information content (AvgIpc) is 2.39. The first-order chi connectivity index (χ1) is 8.27. The first-order valence-corrected chi connectivity index (χ1v) is 7.76. The maximum absolute atomic E-state index is 12.4. The lowest BCUT2D eigenvalue weighted by atomic mass is 10.1. The minimum absolute atomic E-state index is 0.349. The van der Waals surface area contributed by atoms with Gasteiger partial charge in [0.25, 0.3) is 0 Å². The SMILES string of the molecule is CCP(CC)C(=O)c1cccc2ccccc12. The van der Waals surface area contributed by atoms with Crippen molar-refractivity contribution in [1.82, 2.24) is 0 Å². The van der Waals surface area contributed by atoms with Crippen LogP contribution < -0.4 is 0 Å². The fraction of sp³-hybridized carbons (Fsp3) is 0.267. The van der Waals surface area contributed by atoms with Crippen molar-refractivity contribution in [3.8, 4) is 0 Å². The Balaban J connectivity index is 2.52. The highest BCUT2D eigenvalue weighted by molar-refractivity contribution is 7.75. The summed E-state index contributed by atoms with van der Waals surface area (Å²) in [6.45, 7) is 4.22. The van der Waals surface area contributed by atoms with E-state index in [4.69, 9.17) is 0 Å². The molecule has 0 fully saturated rings. The molecule has 88 valence electrons. The molecule has 17 heavy (non-hydrogen) atoms. The Hall–Kier alpha value is -1.20. The Morgan fingerprint density at radius 2 is 1.65 bits per heavy atom. The predicted molar refractivity (Wildman–Crippen MR) is 76.3 cm³/mol. The summed E-state index contributed by atoms with van der Waals surface area (Å²) in [4.78, 5) is 12.4. The van der Waals surface area contributed by atoms with Gasteiger partial charge in [-0.2, -0.15) is 0 Å². The van der Waals surface area contributed by atoms with Gasteiger partial charge in [-0.1, -0.05) is 56.3 Å². The van der Waals surface area contributed by atoms with Gasteiger partial charge >= 0.3 is 0 Å². The average molecular weight is 244 g/mol. The Morgan fingerprint density at radius 1 is 1.00 bits per heavy atom.